The van der Waals surface area contributed by atoms with Crippen LogP contribution in [0, 0.1) is 0 Å². The number of benzene rings is 2. The topological polar surface area (TPSA) is 67.4 Å². The van der Waals surface area contributed by atoms with Gasteiger partial charge in [-0.25, -0.2) is 13.1 Å². The normalized spacial score (nSPS) is 11.6. The molecule has 0 aromatic heterocycles. The van der Waals surface area contributed by atoms with Gasteiger partial charge in [0.05, 0.1) is 11.9 Å². The van der Waals surface area contributed by atoms with E-state index in [0.717, 1.165) is 16.9 Å². The third kappa shape index (κ3) is 7.69. The van der Waals surface area contributed by atoms with Crippen LogP contribution in [-0.2, 0) is 23.1 Å². The Hall–Kier alpha value is -1.89. The summed E-state index contributed by atoms with van der Waals surface area (Å²) in [6.45, 7) is 5.27. The molecular formula is C19H26N2O3S. The van der Waals surface area contributed by atoms with E-state index in [1.807, 2.05) is 68.4 Å². The van der Waals surface area contributed by atoms with E-state index in [1.54, 1.807) is 0 Å². The van der Waals surface area contributed by atoms with Crippen LogP contribution in [0.5, 0.6) is 5.75 Å². The van der Waals surface area contributed by atoms with Crippen LogP contribution in [0.15, 0.2) is 54.6 Å². The summed E-state index contributed by atoms with van der Waals surface area (Å²) >= 11 is 0. The Bertz CT molecular complexity index is 746. The zero-order chi connectivity index (χ0) is 18.1. The van der Waals surface area contributed by atoms with Gasteiger partial charge in [0.15, 0.2) is 0 Å². The molecule has 0 unspecified atom stereocenters. The highest BCUT2D eigenvalue weighted by Crippen LogP contribution is 2.14. The van der Waals surface area contributed by atoms with Gasteiger partial charge in [0.1, 0.15) is 5.75 Å². The molecule has 5 nitrogen and oxygen atoms in total. The second-order valence-electron chi connectivity index (χ2n) is 6.12. The van der Waals surface area contributed by atoms with Gasteiger partial charge in [0, 0.05) is 19.6 Å². The fourth-order valence-electron chi connectivity index (χ4n) is 2.30. The van der Waals surface area contributed by atoms with Gasteiger partial charge in [0.2, 0.25) is 10.0 Å². The quantitative estimate of drug-likeness (QED) is 0.638. The van der Waals surface area contributed by atoms with Gasteiger partial charge in [-0.05, 0) is 37.1 Å². The molecule has 0 heterocycles. The Morgan fingerprint density at radius 2 is 1.68 bits per heavy atom. The minimum absolute atomic E-state index is 0.0437. The van der Waals surface area contributed by atoms with Crippen molar-refractivity contribution >= 4 is 10.0 Å². The second-order valence-corrected chi connectivity index (χ2v) is 8.04. The van der Waals surface area contributed by atoms with Crippen molar-refractivity contribution in [2.45, 2.75) is 33.0 Å². The zero-order valence-electron chi connectivity index (χ0n) is 14.7. The molecular weight excluding hydrogens is 336 g/mol. The first-order valence-corrected chi connectivity index (χ1v) is 10.1. The third-order valence-corrected chi connectivity index (χ3v) is 4.81. The van der Waals surface area contributed by atoms with Crippen molar-refractivity contribution in [1.82, 2.24) is 10.0 Å². The molecule has 0 atom stereocenters. The van der Waals surface area contributed by atoms with Crippen LogP contribution in [0.3, 0.4) is 0 Å². The predicted octanol–water partition coefficient (Wildman–Crippen LogP) is 2.68. The van der Waals surface area contributed by atoms with Gasteiger partial charge in [-0.3, -0.25) is 0 Å². The number of hydrogen-bond acceptors (Lipinski definition) is 4. The second kappa shape index (κ2) is 9.56. The van der Waals surface area contributed by atoms with Gasteiger partial charge in [-0.1, -0.05) is 42.5 Å². The summed E-state index contributed by atoms with van der Waals surface area (Å²) in [7, 11) is -3.30. The van der Waals surface area contributed by atoms with Gasteiger partial charge < -0.3 is 10.1 Å². The minimum Gasteiger partial charge on any atom is -0.491 e. The molecule has 0 aliphatic carbocycles. The Morgan fingerprint density at radius 1 is 0.960 bits per heavy atom. The van der Waals surface area contributed by atoms with Crippen LogP contribution in [-0.4, -0.2) is 26.8 Å². The van der Waals surface area contributed by atoms with Crippen LogP contribution >= 0.6 is 0 Å². The molecule has 0 aliphatic rings. The van der Waals surface area contributed by atoms with Crippen LogP contribution in [0.2, 0.25) is 0 Å². The average Bonchev–Trinajstić information content (AvgIpc) is 2.58. The maximum atomic E-state index is 12.0. The first kappa shape index (κ1) is 19.4. The van der Waals surface area contributed by atoms with Gasteiger partial charge in [-0.15, -0.1) is 0 Å². The van der Waals surface area contributed by atoms with Crippen molar-refractivity contribution in [2.75, 3.05) is 12.3 Å². The molecule has 2 rings (SSSR count). The summed E-state index contributed by atoms with van der Waals surface area (Å²) in [6, 6.07) is 17.3. The molecule has 0 aliphatic heterocycles. The highest BCUT2D eigenvalue weighted by Gasteiger charge is 2.09. The predicted molar refractivity (Wildman–Crippen MR) is 101 cm³/mol. The van der Waals surface area contributed by atoms with Gasteiger partial charge >= 0.3 is 0 Å². The SMILES string of the molecule is CC(C)Oc1cccc(CNCCS(=O)(=O)NCc2ccccc2)c1. The number of hydrogen-bond donors (Lipinski definition) is 2. The standard InChI is InChI=1S/C19H26N2O3S/c1-16(2)24-19-10-6-9-18(13-19)14-20-11-12-25(22,23)21-15-17-7-4-3-5-8-17/h3-10,13,16,20-21H,11-12,14-15H2,1-2H3. The van der Waals surface area contributed by atoms with E-state index < -0.39 is 10.0 Å². The summed E-state index contributed by atoms with van der Waals surface area (Å²) in [5, 5.41) is 3.16. The number of ether oxygens (including phenoxy) is 1. The van der Waals surface area contributed by atoms with Crippen molar-refractivity contribution in [1.29, 1.82) is 0 Å². The van der Waals surface area contributed by atoms with E-state index in [0.29, 0.717) is 19.6 Å². The Morgan fingerprint density at radius 3 is 2.40 bits per heavy atom. The van der Waals surface area contributed by atoms with Crippen molar-refractivity contribution < 1.29 is 13.2 Å². The van der Waals surface area contributed by atoms with E-state index in [9.17, 15) is 8.42 Å². The average molecular weight is 362 g/mol. The van der Waals surface area contributed by atoms with Crippen LogP contribution in [0.1, 0.15) is 25.0 Å². The molecule has 0 saturated heterocycles. The summed E-state index contributed by atoms with van der Waals surface area (Å²) < 4.78 is 32.3. The number of nitrogens with one attached hydrogen (secondary N) is 2. The van der Waals surface area contributed by atoms with E-state index in [1.165, 1.54) is 0 Å². The Balaban J connectivity index is 1.73. The molecule has 2 aromatic carbocycles. The molecule has 0 saturated carbocycles. The maximum Gasteiger partial charge on any atom is 0.213 e. The first-order valence-electron chi connectivity index (χ1n) is 8.42. The highest BCUT2D eigenvalue weighted by atomic mass is 32.2. The smallest absolute Gasteiger partial charge is 0.213 e. The fourth-order valence-corrected chi connectivity index (χ4v) is 3.25. The zero-order valence-corrected chi connectivity index (χ0v) is 15.6. The molecule has 0 spiro atoms. The van der Waals surface area contributed by atoms with Crippen LogP contribution in [0.4, 0.5) is 0 Å². The van der Waals surface area contributed by atoms with Crippen molar-refractivity contribution in [3.05, 3.63) is 65.7 Å². The molecule has 6 heteroatoms. The fraction of sp³-hybridized carbons (Fsp3) is 0.368. The lowest BCUT2D eigenvalue weighted by Crippen LogP contribution is -2.31. The van der Waals surface area contributed by atoms with Crippen LogP contribution < -0.4 is 14.8 Å². The van der Waals surface area contributed by atoms with Crippen molar-refractivity contribution in [3.8, 4) is 5.75 Å². The van der Waals surface area contributed by atoms with E-state index in [4.69, 9.17) is 4.74 Å². The molecule has 2 aromatic rings. The lowest BCUT2D eigenvalue weighted by atomic mass is 10.2. The minimum atomic E-state index is -3.30. The summed E-state index contributed by atoms with van der Waals surface area (Å²) in [6.07, 6.45) is 0.129. The van der Waals surface area contributed by atoms with Crippen LogP contribution in [0.25, 0.3) is 0 Å². The molecule has 25 heavy (non-hydrogen) atoms. The first-order chi connectivity index (χ1) is 11.9. The molecule has 0 amide bonds. The maximum absolute atomic E-state index is 12.0. The number of sulfonamides is 1. The summed E-state index contributed by atoms with van der Waals surface area (Å²) in [5.74, 6) is 0.869. The molecule has 0 bridgehead atoms. The van der Waals surface area contributed by atoms with Crippen molar-refractivity contribution in [3.63, 3.8) is 0 Å². The molecule has 0 fully saturated rings. The van der Waals surface area contributed by atoms with Gasteiger partial charge in [-0.2, -0.15) is 0 Å². The van der Waals surface area contributed by atoms with Gasteiger partial charge in [0.25, 0.3) is 0 Å². The van der Waals surface area contributed by atoms with Crippen molar-refractivity contribution in [2.24, 2.45) is 0 Å². The van der Waals surface area contributed by atoms with E-state index in [2.05, 4.69) is 10.0 Å². The molecule has 0 radical (unpaired) electrons. The monoisotopic (exact) mass is 362 g/mol. The molecule has 136 valence electrons. The van der Waals surface area contributed by atoms with E-state index >= 15 is 0 Å². The number of rotatable bonds is 10. The largest absolute Gasteiger partial charge is 0.491 e. The molecule has 2 N–H and O–H groups in total. The highest BCUT2D eigenvalue weighted by molar-refractivity contribution is 7.89. The Kier molecular flexibility index (Phi) is 7.43. The lowest BCUT2D eigenvalue weighted by Gasteiger charge is -2.11. The third-order valence-electron chi connectivity index (χ3n) is 3.49. The van der Waals surface area contributed by atoms with E-state index in [-0.39, 0.29) is 11.9 Å². The Labute approximate surface area is 150 Å². The summed E-state index contributed by atoms with van der Waals surface area (Å²) in [5.41, 5.74) is 2.01. The summed E-state index contributed by atoms with van der Waals surface area (Å²) in [4.78, 5) is 0. The lowest BCUT2D eigenvalue weighted by molar-refractivity contribution is 0.242.